The Morgan fingerprint density at radius 2 is 2.00 bits per heavy atom. The van der Waals surface area contributed by atoms with Crippen LogP contribution >= 0.6 is 11.6 Å². The molecule has 0 saturated heterocycles. The molecule has 0 radical (unpaired) electrons. The molecule has 2 N–H and O–H groups in total. The van der Waals surface area contributed by atoms with E-state index in [1.54, 1.807) is 7.11 Å². The van der Waals surface area contributed by atoms with E-state index in [1.807, 2.05) is 48.7 Å². The molecule has 1 saturated carbocycles. The number of halogens is 1. The lowest BCUT2D eigenvalue weighted by Gasteiger charge is -2.15. The number of H-pyrrole nitrogens is 1. The van der Waals surface area contributed by atoms with Gasteiger partial charge in [0.15, 0.2) is 0 Å². The molecule has 3 aromatic rings. The average molecular weight is 369 g/mol. The number of benzene rings is 2. The summed E-state index contributed by atoms with van der Waals surface area (Å²) in [6.07, 6.45) is 4.50. The number of fused-ring (bicyclic) bond motifs is 1. The summed E-state index contributed by atoms with van der Waals surface area (Å²) < 4.78 is 5.17. The molecule has 1 amide bonds. The van der Waals surface area contributed by atoms with Crippen LogP contribution in [0.2, 0.25) is 5.02 Å². The average Bonchev–Trinajstić information content (AvgIpc) is 3.36. The van der Waals surface area contributed by atoms with Gasteiger partial charge in [-0.2, -0.15) is 0 Å². The molecule has 0 atom stereocenters. The highest BCUT2D eigenvalue weighted by atomic mass is 35.5. The van der Waals surface area contributed by atoms with Crippen LogP contribution in [0.15, 0.2) is 48.7 Å². The summed E-state index contributed by atoms with van der Waals surface area (Å²) in [5.41, 5.74) is 2.83. The minimum Gasteiger partial charge on any atom is -0.497 e. The van der Waals surface area contributed by atoms with Crippen LogP contribution in [-0.4, -0.2) is 24.5 Å². The maximum atomic E-state index is 12.9. The van der Waals surface area contributed by atoms with Crippen LogP contribution in [-0.2, 0) is 16.6 Å². The van der Waals surface area contributed by atoms with Crippen molar-refractivity contribution >= 4 is 28.4 Å². The van der Waals surface area contributed by atoms with Crippen molar-refractivity contribution < 1.29 is 9.53 Å². The minimum absolute atomic E-state index is 0.104. The number of methoxy groups -OCH3 is 1. The normalized spacial score (nSPS) is 15.0. The zero-order valence-corrected chi connectivity index (χ0v) is 15.4. The molecule has 2 aromatic carbocycles. The van der Waals surface area contributed by atoms with Crippen molar-refractivity contribution in [1.29, 1.82) is 0 Å². The molecule has 5 heteroatoms. The number of rotatable bonds is 6. The van der Waals surface area contributed by atoms with E-state index in [1.165, 1.54) is 5.56 Å². The van der Waals surface area contributed by atoms with E-state index in [-0.39, 0.29) is 5.91 Å². The van der Waals surface area contributed by atoms with Crippen molar-refractivity contribution in [3.8, 4) is 5.75 Å². The van der Waals surface area contributed by atoms with Crippen LogP contribution in [0.25, 0.3) is 10.9 Å². The topological polar surface area (TPSA) is 54.1 Å². The van der Waals surface area contributed by atoms with E-state index in [9.17, 15) is 4.79 Å². The second kappa shape index (κ2) is 6.69. The van der Waals surface area contributed by atoms with Crippen molar-refractivity contribution in [2.45, 2.75) is 24.7 Å². The molecule has 0 bridgehead atoms. The molecule has 4 rings (SSSR count). The fourth-order valence-electron chi connectivity index (χ4n) is 3.51. The van der Waals surface area contributed by atoms with Crippen molar-refractivity contribution in [1.82, 2.24) is 10.3 Å². The van der Waals surface area contributed by atoms with Gasteiger partial charge >= 0.3 is 0 Å². The van der Waals surface area contributed by atoms with E-state index in [0.29, 0.717) is 11.6 Å². The molecule has 134 valence electrons. The maximum absolute atomic E-state index is 12.9. The van der Waals surface area contributed by atoms with Crippen LogP contribution in [0.1, 0.15) is 24.0 Å². The third-order valence-corrected chi connectivity index (χ3v) is 5.44. The highest BCUT2D eigenvalue weighted by molar-refractivity contribution is 6.31. The lowest BCUT2D eigenvalue weighted by atomic mass is 9.94. The fourth-order valence-corrected chi connectivity index (χ4v) is 3.69. The first-order valence-electron chi connectivity index (χ1n) is 8.81. The third-order valence-electron chi connectivity index (χ3n) is 5.20. The smallest absolute Gasteiger partial charge is 0.230 e. The molecular formula is C21H21ClN2O2. The zero-order valence-electron chi connectivity index (χ0n) is 14.6. The zero-order chi connectivity index (χ0) is 18.1. The SMILES string of the molecule is COc1ccc(CCNC(=O)C2(c3c[nH]c4ccc(Cl)cc34)CC2)cc1. The van der Waals surface area contributed by atoms with Gasteiger partial charge in [0.2, 0.25) is 5.91 Å². The van der Waals surface area contributed by atoms with Gasteiger partial charge in [0.1, 0.15) is 5.75 Å². The van der Waals surface area contributed by atoms with E-state index < -0.39 is 5.41 Å². The molecular weight excluding hydrogens is 348 g/mol. The largest absolute Gasteiger partial charge is 0.497 e. The number of aromatic nitrogens is 1. The number of aromatic amines is 1. The first-order chi connectivity index (χ1) is 12.6. The van der Waals surface area contributed by atoms with Crippen molar-refractivity contribution in [3.05, 3.63) is 64.8 Å². The van der Waals surface area contributed by atoms with Gasteiger partial charge in [0.05, 0.1) is 12.5 Å². The first-order valence-corrected chi connectivity index (χ1v) is 9.18. The Kier molecular flexibility index (Phi) is 4.37. The standard InChI is InChI=1S/C21H21ClN2O2/c1-26-16-5-2-14(3-6-16)8-11-23-20(25)21(9-10-21)18-13-24-19-7-4-15(22)12-17(18)19/h2-7,12-13,24H,8-11H2,1H3,(H,23,25). The van der Waals surface area contributed by atoms with E-state index in [2.05, 4.69) is 10.3 Å². The molecule has 0 unspecified atom stereocenters. The Morgan fingerprint density at radius 1 is 1.23 bits per heavy atom. The Hall–Kier alpha value is -2.46. The minimum atomic E-state index is -0.414. The molecule has 1 heterocycles. The molecule has 1 aliphatic carbocycles. The van der Waals surface area contributed by atoms with Gasteiger partial charge in [-0.05, 0) is 60.7 Å². The van der Waals surface area contributed by atoms with Crippen molar-refractivity contribution in [2.24, 2.45) is 0 Å². The van der Waals surface area contributed by atoms with Gasteiger partial charge in [-0.25, -0.2) is 0 Å². The van der Waals surface area contributed by atoms with Gasteiger partial charge in [0.25, 0.3) is 0 Å². The number of hydrogen-bond donors (Lipinski definition) is 2. The molecule has 0 aliphatic heterocycles. The van der Waals surface area contributed by atoms with Crippen LogP contribution in [0.3, 0.4) is 0 Å². The van der Waals surface area contributed by atoms with Gasteiger partial charge in [-0.15, -0.1) is 0 Å². The Balaban J connectivity index is 1.44. The highest BCUT2D eigenvalue weighted by Gasteiger charge is 2.52. The fraction of sp³-hybridized carbons (Fsp3) is 0.286. The van der Waals surface area contributed by atoms with Crippen LogP contribution in [0.5, 0.6) is 5.75 Å². The predicted octanol–water partition coefficient (Wildman–Crippen LogP) is 4.22. The Morgan fingerprint density at radius 3 is 2.69 bits per heavy atom. The first kappa shape index (κ1) is 17.0. The van der Waals surface area contributed by atoms with E-state index in [0.717, 1.165) is 41.5 Å². The summed E-state index contributed by atoms with van der Waals surface area (Å²) in [5, 5.41) is 4.84. The molecule has 1 fully saturated rings. The Labute approximate surface area is 157 Å². The van der Waals surface area contributed by atoms with Gasteiger partial charge in [-0.3, -0.25) is 4.79 Å². The summed E-state index contributed by atoms with van der Waals surface area (Å²) in [6.45, 7) is 0.621. The summed E-state index contributed by atoms with van der Waals surface area (Å²) in [4.78, 5) is 16.1. The molecule has 0 spiro atoms. The maximum Gasteiger partial charge on any atom is 0.230 e. The summed E-state index contributed by atoms with van der Waals surface area (Å²) in [7, 11) is 1.65. The van der Waals surface area contributed by atoms with E-state index >= 15 is 0 Å². The number of ether oxygens (including phenoxy) is 1. The Bertz CT molecular complexity index is 942. The molecule has 1 aliphatic rings. The van der Waals surface area contributed by atoms with Gasteiger partial charge in [-0.1, -0.05) is 23.7 Å². The molecule has 1 aromatic heterocycles. The second-order valence-electron chi connectivity index (χ2n) is 6.83. The quantitative estimate of drug-likeness (QED) is 0.684. The number of carbonyl (C=O) groups is 1. The van der Waals surface area contributed by atoms with E-state index in [4.69, 9.17) is 16.3 Å². The van der Waals surface area contributed by atoms with Gasteiger partial charge < -0.3 is 15.0 Å². The third kappa shape index (κ3) is 3.06. The van der Waals surface area contributed by atoms with Crippen molar-refractivity contribution in [3.63, 3.8) is 0 Å². The summed E-state index contributed by atoms with van der Waals surface area (Å²) in [6, 6.07) is 13.7. The summed E-state index contributed by atoms with van der Waals surface area (Å²) in [5.74, 6) is 0.944. The summed E-state index contributed by atoms with van der Waals surface area (Å²) >= 11 is 6.15. The number of amides is 1. The molecule has 26 heavy (non-hydrogen) atoms. The predicted molar refractivity (Wildman–Crippen MR) is 104 cm³/mol. The van der Waals surface area contributed by atoms with Gasteiger partial charge in [0, 0.05) is 28.7 Å². The highest BCUT2D eigenvalue weighted by Crippen LogP contribution is 2.50. The lowest BCUT2D eigenvalue weighted by molar-refractivity contribution is -0.123. The second-order valence-corrected chi connectivity index (χ2v) is 7.26. The monoisotopic (exact) mass is 368 g/mol. The molecule has 4 nitrogen and oxygen atoms in total. The van der Waals surface area contributed by atoms with Crippen LogP contribution in [0.4, 0.5) is 0 Å². The lowest BCUT2D eigenvalue weighted by Crippen LogP contribution is -2.35. The number of carbonyl (C=O) groups excluding carboxylic acids is 1. The number of nitrogens with one attached hydrogen (secondary N) is 2. The number of hydrogen-bond acceptors (Lipinski definition) is 2. The van der Waals surface area contributed by atoms with Crippen LogP contribution < -0.4 is 10.1 Å². The van der Waals surface area contributed by atoms with Crippen molar-refractivity contribution in [2.75, 3.05) is 13.7 Å². The van der Waals surface area contributed by atoms with Crippen LogP contribution in [0, 0.1) is 0 Å².